The van der Waals surface area contributed by atoms with Gasteiger partial charge in [0, 0.05) is 18.0 Å². The summed E-state index contributed by atoms with van der Waals surface area (Å²) in [5, 5.41) is 6.54. The number of nitrogens with one attached hydrogen (secondary N) is 2. The molecule has 8 nitrogen and oxygen atoms in total. The Morgan fingerprint density at radius 2 is 2.12 bits per heavy atom. The molecule has 140 valence electrons. The fourth-order valence-electron chi connectivity index (χ4n) is 2.55. The highest BCUT2D eigenvalue weighted by molar-refractivity contribution is 7.89. The lowest BCUT2D eigenvalue weighted by molar-refractivity contribution is -0.122. The molecule has 1 aliphatic carbocycles. The van der Waals surface area contributed by atoms with Crippen molar-refractivity contribution in [3.8, 4) is 11.4 Å². The van der Waals surface area contributed by atoms with Crippen LogP contribution in [0.25, 0.3) is 11.4 Å². The van der Waals surface area contributed by atoms with Crippen LogP contribution in [0.3, 0.4) is 0 Å². The number of carbonyl (C=O) groups is 1. The number of aryl methyl sites for hydroxylation is 1. The van der Waals surface area contributed by atoms with E-state index in [0.717, 1.165) is 12.8 Å². The molecule has 9 heteroatoms. The molecule has 1 aromatic carbocycles. The predicted molar refractivity (Wildman–Crippen MR) is 94.9 cm³/mol. The lowest BCUT2D eigenvalue weighted by atomic mass is 10.1. The van der Waals surface area contributed by atoms with Gasteiger partial charge in [-0.3, -0.25) is 4.79 Å². The average Bonchev–Trinajstić information content (AvgIpc) is 3.32. The van der Waals surface area contributed by atoms with Gasteiger partial charge >= 0.3 is 0 Å². The van der Waals surface area contributed by atoms with E-state index >= 15 is 0 Å². The van der Waals surface area contributed by atoms with Gasteiger partial charge < -0.3 is 9.84 Å². The minimum atomic E-state index is -3.88. The van der Waals surface area contributed by atoms with E-state index < -0.39 is 16.1 Å². The first kappa shape index (κ1) is 18.5. The molecule has 2 aromatic rings. The van der Waals surface area contributed by atoms with Crippen molar-refractivity contribution >= 4 is 15.9 Å². The molecule has 1 unspecified atom stereocenters. The van der Waals surface area contributed by atoms with Crippen LogP contribution in [-0.4, -0.2) is 37.1 Å². The molecule has 0 bridgehead atoms. The van der Waals surface area contributed by atoms with Crippen LogP contribution in [0.2, 0.25) is 0 Å². The quantitative estimate of drug-likeness (QED) is 0.758. The monoisotopic (exact) mass is 378 g/mol. The summed E-state index contributed by atoms with van der Waals surface area (Å²) in [6, 6.07) is 4.07. The number of aromatic nitrogens is 2. The largest absolute Gasteiger partial charge is 0.355 e. The number of benzene rings is 1. The van der Waals surface area contributed by atoms with Crippen LogP contribution < -0.4 is 10.0 Å². The maximum atomic E-state index is 12.7. The number of likely N-dealkylation sites (N-methyl/N-ethyl adjacent to an activating group) is 1. The first-order valence-electron chi connectivity index (χ1n) is 8.56. The number of nitrogens with zero attached hydrogens (tertiary/aromatic N) is 2. The number of amides is 1. The highest BCUT2D eigenvalue weighted by Gasteiger charge is 2.30. The summed E-state index contributed by atoms with van der Waals surface area (Å²) < 4.78 is 33.1. The fourth-order valence-corrected chi connectivity index (χ4v) is 4.03. The predicted octanol–water partition coefficient (Wildman–Crippen LogP) is 1.73. The normalized spacial score (nSPS) is 15.7. The Balaban J connectivity index is 1.87. The van der Waals surface area contributed by atoms with Crippen molar-refractivity contribution in [2.24, 2.45) is 0 Å². The second-order valence-electron chi connectivity index (χ2n) is 6.45. The van der Waals surface area contributed by atoms with Gasteiger partial charge in [-0.1, -0.05) is 17.3 Å². The van der Waals surface area contributed by atoms with E-state index in [9.17, 15) is 13.2 Å². The molecule has 1 atom stereocenters. The van der Waals surface area contributed by atoms with Crippen LogP contribution in [0.1, 0.15) is 44.1 Å². The van der Waals surface area contributed by atoms with Gasteiger partial charge in [0.2, 0.25) is 27.6 Å². The van der Waals surface area contributed by atoms with E-state index in [-0.39, 0.29) is 10.8 Å². The maximum Gasteiger partial charge on any atom is 0.241 e. The number of hydrogen-bond acceptors (Lipinski definition) is 6. The Kier molecular flexibility index (Phi) is 5.10. The third-order valence-electron chi connectivity index (χ3n) is 4.18. The fraction of sp³-hybridized carbons (Fsp3) is 0.471. The first-order chi connectivity index (χ1) is 12.3. The third-order valence-corrected chi connectivity index (χ3v) is 5.86. The van der Waals surface area contributed by atoms with E-state index in [1.807, 2.05) is 0 Å². The summed E-state index contributed by atoms with van der Waals surface area (Å²) in [7, 11) is -3.88. The highest BCUT2D eigenvalue weighted by atomic mass is 32.2. The number of hydrogen-bond donors (Lipinski definition) is 2. The van der Waals surface area contributed by atoms with Gasteiger partial charge in [0.15, 0.2) is 0 Å². The summed E-state index contributed by atoms with van der Waals surface area (Å²) in [6.07, 6.45) is 2.08. The van der Waals surface area contributed by atoms with Crippen molar-refractivity contribution in [2.75, 3.05) is 6.54 Å². The van der Waals surface area contributed by atoms with Crippen molar-refractivity contribution < 1.29 is 17.7 Å². The Hall–Kier alpha value is -2.26. The molecule has 1 saturated carbocycles. The zero-order valence-corrected chi connectivity index (χ0v) is 15.8. The van der Waals surface area contributed by atoms with Crippen molar-refractivity contribution in [1.29, 1.82) is 0 Å². The molecule has 1 aliphatic rings. The Bertz CT molecular complexity index is 919. The van der Waals surface area contributed by atoms with E-state index in [1.165, 1.54) is 13.0 Å². The standard InChI is InChI=1S/C17H22N4O4S/c1-4-18-16(22)11(3)21-26(23,24)14-9-13(6-5-10(14)2)15-19-17(25-20-15)12-7-8-12/h5-6,9,11-12,21H,4,7-8H2,1-3H3,(H,18,22). The van der Waals surface area contributed by atoms with Gasteiger partial charge in [-0.15, -0.1) is 0 Å². The number of rotatable bonds is 7. The Labute approximate surface area is 152 Å². The zero-order chi connectivity index (χ0) is 18.9. The van der Waals surface area contributed by atoms with Crippen molar-refractivity contribution in [3.05, 3.63) is 29.7 Å². The molecule has 2 N–H and O–H groups in total. The molecular weight excluding hydrogens is 356 g/mol. The second kappa shape index (κ2) is 7.16. The molecule has 0 spiro atoms. The number of carbonyl (C=O) groups excluding carboxylic acids is 1. The van der Waals surface area contributed by atoms with Gasteiger partial charge in [-0.25, -0.2) is 8.42 Å². The zero-order valence-electron chi connectivity index (χ0n) is 14.9. The molecule has 1 aromatic heterocycles. The minimum absolute atomic E-state index is 0.0870. The lowest BCUT2D eigenvalue weighted by Crippen LogP contribution is -2.44. The van der Waals surface area contributed by atoms with Crippen LogP contribution >= 0.6 is 0 Å². The second-order valence-corrected chi connectivity index (χ2v) is 8.13. The SMILES string of the molecule is CCNC(=O)C(C)NS(=O)(=O)c1cc(-c2noc(C3CC3)n2)ccc1C. The smallest absolute Gasteiger partial charge is 0.241 e. The van der Waals surface area contributed by atoms with Crippen LogP contribution in [0, 0.1) is 6.92 Å². The van der Waals surface area contributed by atoms with Gasteiger partial charge in [-0.05, 0) is 45.2 Å². The third kappa shape index (κ3) is 3.94. The highest BCUT2D eigenvalue weighted by Crippen LogP contribution is 2.39. The molecule has 3 rings (SSSR count). The molecule has 1 amide bonds. The van der Waals surface area contributed by atoms with Crippen LogP contribution in [0.4, 0.5) is 0 Å². The summed E-state index contributed by atoms with van der Waals surface area (Å²) >= 11 is 0. The molecule has 1 fully saturated rings. The summed E-state index contributed by atoms with van der Waals surface area (Å²) in [5.41, 5.74) is 1.12. The van der Waals surface area contributed by atoms with Crippen LogP contribution in [0.15, 0.2) is 27.6 Å². The van der Waals surface area contributed by atoms with Gasteiger partial charge in [-0.2, -0.15) is 9.71 Å². The van der Waals surface area contributed by atoms with E-state index in [0.29, 0.717) is 35.3 Å². The lowest BCUT2D eigenvalue weighted by Gasteiger charge is -2.15. The Morgan fingerprint density at radius 3 is 2.77 bits per heavy atom. The maximum absolute atomic E-state index is 12.7. The molecule has 26 heavy (non-hydrogen) atoms. The van der Waals surface area contributed by atoms with Gasteiger partial charge in [0.1, 0.15) is 0 Å². The van der Waals surface area contributed by atoms with E-state index in [1.54, 1.807) is 26.0 Å². The number of sulfonamides is 1. The van der Waals surface area contributed by atoms with Crippen molar-refractivity contribution in [3.63, 3.8) is 0 Å². The Morgan fingerprint density at radius 1 is 1.38 bits per heavy atom. The molecule has 1 heterocycles. The van der Waals surface area contributed by atoms with Crippen LogP contribution in [0.5, 0.6) is 0 Å². The molecule has 0 radical (unpaired) electrons. The topological polar surface area (TPSA) is 114 Å². The van der Waals surface area contributed by atoms with E-state index in [4.69, 9.17) is 4.52 Å². The van der Waals surface area contributed by atoms with Crippen molar-refractivity contribution in [1.82, 2.24) is 20.2 Å². The van der Waals surface area contributed by atoms with Gasteiger partial charge in [0.25, 0.3) is 0 Å². The molecule has 0 saturated heterocycles. The first-order valence-corrected chi connectivity index (χ1v) is 10.0. The average molecular weight is 378 g/mol. The molecular formula is C17H22N4O4S. The van der Waals surface area contributed by atoms with Gasteiger partial charge in [0.05, 0.1) is 10.9 Å². The van der Waals surface area contributed by atoms with Crippen molar-refractivity contribution in [2.45, 2.75) is 50.5 Å². The summed E-state index contributed by atoms with van der Waals surface area (Å²) in [4.78, 5) is 16.3. The minimum Gasteiger partial charge on any atom is -0.355 e. The van der Waals surface area contributed by atoms with Crippen LogP contribution in [-0.2, 0) is 14.8 Å². The summed E-state index contributed by atoms with van der Waals surface area (Å²) in [5.74, 6) is 0.898. The van der Waals surface area contributed by atoms with E-state index in [2.05, 4.69) is 20.2 Å². The molecule has 0 aliphatic heterocycles. The summed E-state index contributed by atoms with van der Waals surface area (Å²) in [6.45, 7) is 5.40.